The molecule has 0 spiro atoms. The summed E-state index contributed by atoms with van der Waals surface area (Å²) < 4.78 is 10.8. The number of non-ortho nitro benzene ring substituents is 1. The predicted molar refractivity (Wildman–Crippen MR) is 84.9 cm³/mol. The minimum atomic E-state index is -1.24. The van der Waals surface area contributed by atoms with Crippen LogP contribution in [0.2, 0.25) is 5.02 Å². The van der Waals surface area contributed by atoms with Crippen molar-refractivity contribution in [2.45, 2.75) is 19.4 Å². The zero-order valence-electron chi connectivity index (χ0n) is 12.5. The number of nitro benzene ring substituents is 1. The number of halogens is 1. The molecular formula is C16H14ClNO5. The van der Waals surface area contributed by atoms with Gasteiger partial charge in [-0.05, 0) is 50.2 Å². The van der Waals surface area contributed by atoms with Gasteiger partial charge in [-0.25, -0.2) is 4.79 Å². The van der Waals surface area contributed by atoms with Crippen LogP contribution in [0.5, 0.6) is 11.5 Å². The molecular weight excluding hydrogens is 322 g/mol. The van der Waals surface area contributed by atoms with E-state index >= 15 is 0 Å². The van der Waals surface area contributed by atoms with Gasteiger partial charge in [0.1, 0.15) is 11.5 Å². The molecule has 0 N–H and O–H groups in total. The molecule has 0 aliphatic heterocycles. The zero-order valence-corrected chi connectivity index (χ0v) is 13.2. The van der Waals surface area contributed by atoms with E-state index < -0.39 is 16.5 Å². The molecule has 2 aromatic rings. The molecule has 0 aliphatic carbocycles. The van der Waals surface area contributed by atoms with Crippen LogP contribution in [-0.4, -0.2) is 16.5 Å². The van der Waals surface area contributed by atoms with Crippen molar-refractivity contribution in [3.63, 3.8) is 0 Å². The van der Waals surface area contributed by atoms with Crippen LogP contribution in [0.3, 0.4) is 0 Å². The normalized spacial score (nSPS) is 10.9. The minimum absolute atomic E-state index is 0.0820. The third-order valence-corrected chi connectivity index (χ3v) is 3.19. The fraction of sp³-hybridized carbons (Fsp3) is 0.188. The standard InChI is InChI=1S/C16H14ClNO5/c1-16(2,23-14-7-3-11(17)4-8-14)15(19)22-13-9-5-12(6-10-13)18(20)21/h3-10H,1-2H3. The minimum Gasteiger partial charge on any atom is -0.476 e. The molecule has 2 rings (SSSR count). The number of ether oxygens (including phenoxy) is 2. The summed E-state index contributed by atoms with van der Waals surface area (Å²) in [6.07, 6.45) is 0. The number of carbonyl (C=O) groups excluding carboxylic acids is 1. The van der Waals surface area contributed by atoms with E-state index in [0.29, 0.717) is 10.8 Å². The van der Waals surface area contributed by atoms with Crippen LogP contribution in [0, 0.1) is 10.1 Å². The van der Waals surface area contributed by atoms with Crippen molar-refractivity contribution in [3.8, 4) is 11.5 Å². The molecule has 0 heterocycles. The number of nitro groups is 1. The fourth-order valence-electron chi connectivity index (χ4n) is 1.70. The Morgan fingerprint density at radius 3 is 2.09 bits per heavy atom. The molecule has 0 saturated carbocycles. The summed E-state index contributed by atoms with van der Waals surface area (Å²) in [5.74, 6) is 0.0507. The topological polar surface area (TPSA) is 78.7 Å². The molecule has 0 aromatic heterocycles. The average Bonchev–Trinajstić information content (AvgIpc) is 2.50. The summed E-state index contributed by atoms with van der Waals surface area (Å²) in [4.78, 5) is 22.3. The van der Waals surface area contributed by atoms with Gasteiger partial charge in [0.15, 0.2) is 0 Å². The SMILES string of the molecule is CC(C)(Oc1ccc(Cl)cc1)C(=O)Oc1ccc([N+](=O)[O-])cc1. The number of carbonyl (C=O) groups is 1. The van der Waals surface area contributed by atoms with E-state index in [0.717, 1.165) is 0 Å². The Labute approximate surface area is 137 Å². The maximum Gasteiger partial charge on any atom is 0.355 e. The number of hydrogen-bond acceptors (Lipinski definition) is 5. The highest BCUT2D eigenvalue weighted by Gasteiger charge is 2.32. The summed E-state index contributed by atoms with van der Waals surface area (Å²) in [5, 5.41) is 11.1. The Kier molecular flexibility index (Phi) is 4.86. The molecule has 0 unspecified atom stereocenters. The molecule has 0 amide bonds. The van der Waals surface area contributed by atoms with Gasteiger partial charge in [0.25, 0.3) is 5.69 Å². The molecule has 7 heteroatoms. The quantitative estimate of drug-likeness (QED) is 0.357. The van der Waals surface area contributed by atoms with Crippen LogP contribution in [0.1, 0.15) is 13.8 Å². The highest BCUT2D eigenvalue weighted by molar-refractivity contribution is 6.30. The van der Waals surface area contributed by atoms with Crippen molar-refractivity contribution in [2.75, 3.05) is 0 Å². The molecule has 120 valence electrons. The molecule has 0 bridgehead atoms. The lowest BCUT2D eigenvalue weighted by Gasteiger charge is -2.24. The van der Waals surface area contributed by atoms with Crippen LogP contribution in [-0.2, 0) is 4.79 Å². The molecule has 0 saturated heterocycles. The second kappa shape index (κ2) is 6.66. The first kappa shape index (κ1) is 16.8. The van der Waals surface area contributed by atoms with E-state index in [9.17, 15) is 14.9 Å². The maximum atomic E-state index is 12.2. The first-order valence-electron chi connectivity index (χ1n) is 6.69. The second-order valence-corrected chi connectivity index (χ2v) is 5.64. The maximum absolute atomic E-state index is 12.2. The van der Waals surface area contributed by atoms with E-state index in [-0.39, 0.29) is 11.4 Å². The monoisotopic (exact) mass is 335 g/mol. The smallest absolute Gasteiger partial charge is 0.355 e. The third kappa shape index (κ3) is 4.43. The second-order valence-electron chi connectivity index (χ2n) is 5.21. The van der Waals surface area contributed by atoms with Crippen molar-refractivity contribution in [1.29, 1.82) is 0 Å². The molecule has 0 fully saturated rings. The highest BCUT2D eigenvalue weighted by Crippen LogP contribution is 2.23. The largest absolute Gasteiger partial charge is 0.476 e. The van der Waals surface area contributed by atoms with Gasteiger partial charge >= 0.3 is 5.97 Å². The summed E-state index contributed by atoms with van der Waals surface area (Å²) in [7, 11) is 0. The summed E-state index contributed by atoms with van der Waals surface area (Å²) >= 11 is 5.79. The van der Waals surface area contributed by atoms with Crippen LogP contribution in [0.25, 0.3) is 0 Å². The Hall–Kier alpha value is -2.60. The number of benzene rings is 2. The van der Waals surface area contributed by atoms with Crippen molar-refractivity contribution >= 4 is 23.3 Å². The Morgan fingerprint density at radius 2 is 1.57 bits per heavy atom. The van der Waals surface area contributed by atoms with Gasteiger partial charge in [0.2, 0.25) is 5.60 Å². The Morgan fingerprint density at radius 1 is 1.04 bits per heavy atom. The van der Waals surface area contributed by atoms with Gasteiger partial charge in [-0.15, -0.1) is 0 Å². The number of esters is 1. The van der Waals surface area contributed by atoms with Crippen molar-refractivity contribution in [3.05, 3.63) is 63.7 Å². The van der Waals surface area contributed by atoms with Crippen molar-refractivity contribution in [2.24, 2.45) is 0 Å². The van der Waals surface area contributed by atoms with Crippen molar-refractivity contribution < 1.29 is 19.2 Å². The molecule has 0 atom stereocenters. The number of hydrogen-bond donors (Lipinski definition) is 0. The highest BCUT2D eigenvalue weighted by atomic mass is 35.5. The van der Waals surface area contributed by atoms with E-state index in [2.05, 4.69) is 0 Å². The van der Waals surface area contributed by atoms with Gasteiger partial charge in [-0.2, -0.15) is 0 Å². The van der Waals surface area contributed by atoms with Gasteiger partial charge in [-0.1, -0.05) is 11.6 Å². The first-order valence-corrected chi connectivity index (χ1v) is 7.07. The predicted octanol–water partition coefficient (Wildman–Crippen LogP) is 4.01. The molecule has 6 nitrogen and oxygen atoms in total. The summed E-state index contributed by atoms with van der Waals surface area (Å²) in [5.41, 5.74) is -1.32. The lowest BCUT2D eigenvalue weighted by Crippen LogP contribution is -2.41. The zero-order chi connectivity index (χ0) is 17.0. The van der Waals surface area contributed by atoms with E-state index in [1.807, 2.05) is 0 Å². The van der Waals surface area contributed by atoms with Gasteiger partial charge in [0.05, 0.1) is 4.92 Å². The third-order valence-electron chi connectivity index (χ3n) is 2.94. The average molecular weight is 336 g/mol. The van der Waals surface area contributed by atoms with Crippen LogP contribution in [0.15, 0.2) is 48.5 Å². The van der Waals surface area contributed by atoms with Crippen LogP contribution in [0.4, 0.5) is 5.69 Å². The molecule has 0 aliphatic rings. The van der Waals surface area contributed by atoms with Gasteiger partial charge in [-0.3, -0.25) is 10.1 Å². The molecule has 23 heavy (non-hydrogen) atoms. The first-order chi connectivity index (χ1) is 10.8. The summed E-state index contributed by atoms with van der Waals surface area (Å²) in [6, 6.07) is 11.8. The van der Waals surface area contributed by atoms with E-state index in [1.165, 1.54) is 24.3 Å². The lowest BCUT2D eigenvalue weighted by atomic mass is 10.1. The van der Waals surface area contributed by atoms with E-state index in [4.69, 9.17) is 21.1 Å². The van der Waals surface area contributed by atoms with Gasteiger partial charge in [0, 0.05) is 17.2 Å². The number of rotatable bonds is 5. The van der Waals surface area contributed by atoms with E-state index in [1.54, 1.807) is 38.1 Å². The lowest BCUT2D eigenvalue weighted by molar-refractivity contribution is -0.384. The van der Waals surface area contributed by atoms with Crippen molar-refractivity contribution in [1.82, 2.24) is 0 Å². The molecule has 2 aromatic carbocycles. The Balaban J connectivity index is 2.05. The van der Waals surface area contributed by atoms with Crippen LogP contribution >= 0.6 is 11.6 Å². The summed E-state index contributed by atoms with van der Waals surface area (Å²) in [6.45, 7) is 3.13. The molecule has 0 radical (unpaired) electrons. The van der Waals surface area contributed by atoms with Crippen LogP contribution < -0.4 is 9.47 Å². The van der Waals surface area contributed by atoms with Gasteiger partial charge < -0.3 is 9.47 Å². The number of nitrogens with zero attached hydrogens (tertiary/aromatic N) is 1. The fourth-order valence-corrected chi connectivity index (χ4v) is 1.83. The Bertz CT molecular complexity index is 710.